The van der Waals surface area contributed by atoms with Crippen LogP contribution < -0.4 is 4.74 Å². The number of ether oxygens (including phenoxy) is 3. The van der Waals surface area contributed by atoms with Gasteiger partial charge < -0.3 is 19.1 Å². The molecule has 1 aromatic rings. The molecule has 2 heterocycles. The molecule has 3 rings (SSSR count). The minimum atomic E-state index is -0.562. The Morgan fingerprint density at radius 3 is 2.57 bits per heavy atom. The summed E-state index contributed by atoms with van der Waals surface area (Å²) in [6, 6.07) is 4.38. The van der Waals surface area contributed by atoms with Crippen LogP contribution in [0.3, 0.4) is 0 Å². The Balaban J connectivity index is 1.75. The normalized spacial score (nSPS) is 20.8. The molecule has 0 aliphatic carbocycles. The van der Waals surface area contributed by atoms with Gasteiger partial charge in [-0.2, -0.15) is 0 Å². The molecule has 0 bridgehead atoms. The molecule has 114 valence electrons. The fourth-order valence-corrected chi connectivity index (χ4v) is 2.88. The maximum atomic E-state index is 14.0. The molecule has 0 atom stereocenters. The first-order chi connectivity index (χ1) is 10.2. The van der Waals surface area contributed by atoms with Crippen LogP contribution in [0.2, 0.25) is 0 Å². The summed E-state index contributed by atoms with van der Waals surface area (Å²) < 4.78 is 30.3. The van der Waals surface area contributed by atoms with Crippen LogP contribution >= 0.6 is 0 Å². The number of piperidine rings is 1. The number of benzene rings is 1. The number of halogens is 1. The van der Waals surface area contributed by atoms with E-state index in [4.69, 9.17) is 14.2 Å². The van der Waals surface area contributed by atoms with Crippen molar-refractivity contribution in [1.82, 2.24) is 4.90 Å². The van der Waals surface area contributed by atoms with Crippen molar-refractivity contribution in [3.05, 3.63) is 29.6 Å². The predicted octanol–water partition coefficient (Wildman–Crippen LogP) is 1.81. The number of nitrogens with zero attached hydrogens (tertiary/aromatic N) is 1. The number of hydrogen-bond acceptors (Lipinski definition) is 4. The number of carbonyl (C=O) groups excluding carboxylic acids is 1. The minimum Gasteiger partial charge on any atom is -0.496 e. The van der Waals surface area contributed by atoms with Crippen LogP contribution in [0, 0.1) is 5.82 Å². The van der Waals surface area contributed by atoms with E-state index >= 15 is 0 Å². The van der Waals surface area contributed by atoms with Gasteiger partial charge in [-0.25, -0.2) is 4.39 Å². The molecule has 21 heavy (non-hydrogen) atoms. The summed E-state index contributed by atoms with van der Waals surface area (Å²) in [5.41, 5.74) is -0.00999. The average Bonchev–Trinajstić information content (AvgIpc) is 2.95. The van der Waals surface area contributed by atoms with Gasteiger partial charge >= 0.3 is 0 Å². The van der Waals surface area contributed by atoms with Gasteiger partial charge in [0.05, 0.1) is 20.3 Å². The van der Waals surface area contributed by atoms with Crippen LogP contribution in [0.5, 0.6) is 5.75 Å². The molecule has 0 unspecified atom stereocenters. The minimum absolute atomic E-state index is 0.00999. The predicted molar refractivity (Wildman–Crippen MR) is 72.7 cm³/mol. The second kappa shape index (κ2) is 5.61. The third kappa shape index (κ3) is 2.61. The van der Waals surface area contributed by atoms with Crippen LogP contribution in [0.15, 0.2) is 18.2 Å². The Morgan fingerprint density at radius 1 is 1.29 bits per heavy atom. The quantitative estimate of drug-likeness (QED) is 0.835. The zero-order chi connectivity index (χ0) is 14.9. The summed E-state index contributed by atoms with van der Waals surface area (Å²) >= 11 is 0. The van der Waals surface area contributed by atoms with E-state index in [0.717, 1.165) is 0 Å². The molecule has 2 aliphatic heterocycles. The van der Waals surface area contributed by atoms with Crippen molar-refractivity contribution in [2.75, 3.05) is 33.4 Å². The van der Waals surface area contributed by atoms with Crippen molar-refractivity contribution in [1.29, 1.82) is 0 Å². The van der Waals surface area contributed by atoms with Gasteiger partial charge in [-0.1, -0.05) is 6.07 Å². The molecule has 2 saturated heterocycles. The summed E-state index contributed by atoms with van der Waals surface area (Å²) in [5.74, 6) is -1.20. The van der Waals surface area contributed by atoms with Gasteiger partial charge in [0.25, 0.3) is 5.91 Å². The van der Waals surface area contributed by atoms with E-state index in [2.05, 4.69) is 0 Å². The fourth-order valence-electron chi connectivity index (χ4n) is 2.88. The number of methoxy groups -OCH3 is 1. The summed E-state index contributed by atoms with van der Waals surface area (Å²) in [4.78, 5) is 14.2. The van der Waals surface area contributed by atoms with Crippen LogP contribution in [0.4, 0.5) is 4.39 Å². The van der Waals surface area contributed by atoms with Crippen molar-refractivity contribution in [3.8, 4) is 5.75 Å². The van der Waals surface area contributed by atoms with Crippen LogP contribution in [-0.4, -0.2) is 50.0 Å². The number of likely N-dealkylation sites (tertiary alicyclic amines) is 1. The highest BCUT2D eigenvalue weighted by atomic mass is 19.1. The second-order valence-corrected chi connectivity index (χ2v) is 5.22. The molecule has 0 aromatic heterocycles. The number of amides is 1. The molecule has 2 fully saturated rings. The van der Waals surface area contributed by atoms with Crippen LogP contribution in [0.1, 0.15) is 23.2 Å². The van der Waals surface area contributed by atoms with Crippen molar-refractivity contribution in [2.45, 2.75) is 18.6 Å². The third-order valence-electron chi connectivity index (χ3n) is 4.04. The first kappa shape index (κ1) is 14.3. The van der Waals surface area contributed by atoms with Crippen molar-refractivity contribution in [3.63, 3.8) is 0 Å². The lowest BCUT2D eigenvalue weighted by atomic mass is 10.0. The Morgan fingerprint density at radius 2 is 1.95 bits per heavy atom. The van der Waals surface area contributed by atoms with Gasteiger partial charge in [0.15, 0.2) is 5.79 Å². The zero-order valence-electron chi connectivity index (χ0n) is 11.9. The smallest absolute Gasteiger partial charge is 0.260 e. The summed E-state index contributed by atoms with van der Waals surface area (Å²) in [5, 5.41) is 0. The molecule has 0 saturated carbocycles. The summed E-state index contributed by atoms with van der Waals surface area (Å²) in [6.45, 7) is 2.15. The Kier molecular flexibility index (Phi) is 3.82. The van der Waals surface area contributed by atoms with Crippen molar-refractivity contribution >= 4 is 5.91 Å². The number of rotatable bonds is 2. The maximum absolute atomic E-state index is 14.0. The molecular formula is C15H18FNO4. The first-order valence-corrected chi connectivity index (χ1v) is 7.05. The Labute approximate surface area is 122 Å². The molecule has 0 radical (unpaired) electrons. The Bertz CT molecular complexity index is 532. The van der Waals surface area contributed by atoms with Gasteiger partial charge in [-0.05, 0) is 12.1 Å². The standard InChI is InChI=1S/C15H18FNO4/c1-19-12-4-2-3-11(16)13(12)14(18)17-7-5-15(6-8-17)20-9-10-21-15/h2-4H,5-10H2,1H3. The molecule has 1 spiro atoms. The summed E-state index contributed by atoms with van der Waals surface area (Å²) in [7, 11) is 1.43. The highest BCUT2D eigenvalue weighted by Crippen LogP contribution is 2.32. The lowest BCUT2D eigenvalue weighted by Crippen LogP contribution is -2.47. The highest BCUT2D eigenvalue weighted by molar-refractivity contribution is 5.97. The lowest BCUT2D eigenvalue weighted by molar-refractivity contribution is -0.181. The number of carbonyl (C=O) groups is 1. The van der Waals surface area contributed by atoms with E-state index in [9.17, 15) is 9.18 Å². The average molecular weight is 295 g/mol. The van der Waals surface area contributed by atoms with E-state index in [1.165, 1.54) is 19.2 Å². The van der Waals surface area contributed by atoms with Gasteiger partial charge in [0.2, 0.25) is 0 Å². The fraction of sp³-hybridized carbons (Fsp3) is 0.533. The van der Waals surface area contributed by atoms with E-state index in [1.54, 1.807) is 11.0 Å². The molecule has 2 aliphatic rings. The molecule has 1 aromatic carbocycles. The van der Waals surface area contributed by atoms with E-state index in [-0.39, 0.29) is 17.2 Å². The second-order valence-electron chi connectivity index (χ2n) is 5.22. The van der Waals surface area contributed by atoms with Gasteiger partial charge in [0.1, 0.15) is 17.1 Å². The topological polar surface area (TPSA) is 48.0 Å². The zero-order valence-corrected chi connectivity index (χ0v) is 11.9. The molecule has 5 nitrogen and oxygen atoms in total. The first-order valence-electron chi connectivity index (χ1n) is 7.05. The van der Waals surface area contributed by atoms with Gasteiger partial charge in [-0.15, -0.1) is 0 Å². The molecule has 1 amide bonds. The van der Waals surface area contributed by atoms with E-state index in [0.29, 0.717) is 39.1 Å². The molecular weight excluding hydrogens is 277 g/mol. The number of hydrogen-bond donors (Lipinski definition) is 0. The van der Waals surface area contributed by atoms with Crippen molar-refractivity contribution < 1.29 is 23.4 Å². The Hall–Kier alpha value is -1.66. The largest absolute Gasteiger partial charge is 0.496 e. The van der Waals surface area contributed by atoms with E-state index in [1.807, 2.05) is 0 Å². The van der Waals surface area contributed by atoms with E-state index < -0.39 is 11.6 Å². The lowest BCUT2D eigenvalue weighted by Gasteiger charge is -2.37. The molecule has 0 N–H and O–H groups in total. The summed E-state index contributed by atoms with van der Waals surface area (Å²) in [6.07, 6.45) is 1.21. The monoisotopic (exact) mass is 295 g/mol. The van der Waals surface area contributed by atoms with Crippen LogP contribution in [-0.2, 0) is 9.47 Å². The molecule has 6 heteroatoms. The highest BCUT2D eigenvalue weighted by Gasteiger charge is 2.41. The third-order valence-corrected chi connectivity index (χ3v) is 4.04. The van der Waals surface area contributed by atoms with Gasteiger partial charge in [0, 0.05) is 25.9 Å². The van der Waals surface area contributed by atoms with Crippen molar-refractivity contribution in [2.24, 2.45) is 0 Å². The van der Waals surface area contributed by atoms with Crippen LogP contribution in [0.25, 0.3) is 0 Å². The maximum Gasteiger partial charge on any atom is 0.260 e. The van der Waals surface area contributed by atoms with Gasteiger partial charge in [-0.3, -0.25) is 4.79 Å². The SMILES string of the molecule is COc1cccc(F)c1C(=O)N1CCC2(CC1)OCCO2.